The molecule has 6 heteroatoms. The number of nitrogens with zero attached hydrogens (tertiary/aromatic N) is 2. The van der Waals surface area contributed by atoms with Crippen LogP contribution in [0, 0.1) is 0 Å². The van der Waals surface area contributed by atoms with Crippen molar-refractivity contribution < 1.29 is 9.21 Å². The summed E-state index contributed by atoms with van der Waals surface area (Å²) in [6, 6.07) is 12.2. The Hall–Kier alpha value is -2.31. The Balaban J connectivity index is 1.46. The number of urea groups is 1. The van der Waals surface area contributed by atoms with Crippen LogP contribution in [-0.4, -0.2) is 49.6 Å². The maximum atomic E-state index is 12.2. The van der Waals surface area contributed by atoms with Crippen LogP contribution in [-0.2, 0) is 13.1 Å². The Morgan fingerprint density at radius 3 is 2.44 bits per heavy atom. The van der Waals surface area contributed by atoms with Crippen LogP contribution in [0.25, 0.3) is 0 Å². The fourth-order valence-electron chi connectivity index (χ4n) is 3.51. The fourth-order valence-corrected chi connectivity index (χ4v) is 3.51. The smallest absolute Gasteiger partial charge is 0.315 e. The number of carbonyl (C=O) groups excluding carboxylic acids is 1. The van der Waals surface area contributed by atoms with Crippen LogP contribution in [0.3, 0.4) is 0 Å². The Bertz CT molecular complexity index is 691. The highest BCUT2D eigenvalue weighted by molar-refractivity contribution is 5.73. The predicted molar refractivity (Wildman–Crippen MR) is 106 cm³/mol. The zero-order valence-electron chi connectivity index (χ0n) is 16.3. The van der Waals surface area contributed by atoms with E-state index in [-0.39, 0.29) is 12.1 Å². The number of likely N-dealkylation sites (tertiary alicyclic amines) is 1. The van der Waals surface area contributed by atoms with E-state index in [0.717, 1.165) is 31.0 Å². The molecule has 0 bridgehead atoms. The van der Waals surface area contributed by atoms with Gasteiger partial charge in [0, 0.05) is 19.6 Å². The van der Waals surface area contributed by atoms with E-state index in [4.69, 9.17) is 4.42 Å². The predicted octanol–water partition coefficient (Wildman–Crippen LogP) is 2.98. The number of nitrogens with one attached hydrogen (secondary N) is 2. The Morgan fingerprint density at radius 1 is 1.11 bits per heavy atom. The minimum Gasteiger partial charge on any atom is -0.468 e. The maximum absolute atomic E-state index is 12.2. The summed E-state index contributed by atoms with van der Waals surface area (Å²) >= 11 is 0. The van der Waals surface area contributed by atoms with Crippen LogP contribution < -0.4 is 10.6 Å². The summed E-state index contributed by atoms with van der Waals surface area (Å²) in [4.78, 5) is 16.8. The molecule has 1 aromatic heterocycles. The molecular weight excluding hydrogens is 340 g/mol. The van der Waals surface area contributed by atoms with E-state index in [1.807, 2.05) is 12.1 Å². The van der Waals surface area contributed by atoms with Gasteiger partial charge in [0.05, 0.1) is 12.3 Å². The molecule has 2 amide bonds. The molecule has 146 valence electrons. The Morgan fingerprint density at radius 2 is 1.81 bits per heavy atom. The highest BCUT2D eigenvalue weighted by atomic mass is 16.3. The van der Waals surface area contributed by atoms with Crippen LogP contribution in [0.2, 0.25) is 0 Å². The SMILES string of the molecule is CN(C)Cc1ccc(CNC(=O)NCC(c2ccco2)N2CCCC2)cc1. The fraction of sp³-hybridized carbons (Fsp3) is 0.476. The average Bonchev–Trinajstić information content (AvgIpc) is 3.35. The highest BCUT2D eigenvalue weighted by Gasteiger charge is 2.25. The first-order valence-corrected chi connectivity index (χ1v) is 9.63. The van der Waals surface area contributed by atoms with Gasteiger partial charge in [-0.15, -0.1) is 0 Å². The minimum absolute atomic E-state index is 0.0959. The molecule has 2 aromatic rings. The van der Waals surface area contributed by atoms with Crippen LogP contribution in [0.15, 0.2) is 47.1 Å². The second-order valence-corrected chi connectivity index (χ2v) is 7.39. The van der Waals surface area contributed by atoms with Gasteiger partial charge in [0.25, 0.3) is 0 Å². The third kappa shape index (κ3) is 5.84. The van der Waals surface area contributed by atoms with E-state index in [1.165, 1.54) is 18.4 Å². The summed E-state index contributed by atoms with van der Waals surface area (Å²) < 4.78 is 5.59. The lowest BCUT2D eigenvalue weighted by Crippen LogP contribution is -2.41. The van der Waals surface area contributed by atoms with Crippen molar-refractivity contribution in [3.63, 3.8) is 0 Å². The van der Waals surface area contributed by atoms with Crippen LogP contribution >= 0.6 is 0 Å². The molecule has 1 saturated heterocycles. The molecule has 1 aromatic carbocycles. The van der Waals surface area contributed by atoms with Crippen molar-refractivity contribution in [3.05, 3.63) is 59.5 Å². The van der Waals surface area contributed by atoms with Crippen molar-refractivity contribution in [2.75, 3.05) is 33.7 Å². The topological polar surface area (TPSA) is 60.8 Å². The van der Waals surface area contributed by atoms with Crippen LogP contribution in [0.5, 0.6) is 0 Å². The van der Waals surface area contributed by atoms with Crippen LogP contribution in [0.4, 0.5) is 4.79 Å². The van der Waals surface area contributed by atoms with E-state index in [9.17, 15) is 4.79 Å². The summed E-state index contributed by atoms with van der Waals surface area (Å²) in [6.07, 6.45) is 4.10. The van der Waals surface area contributed by atoms with E-state index in [1.54, 1.807) is 6.26 Å². The second-order valence-electron chi connectivity index (χ2n) is 7.39. The first-order chi connectivity index (χ1) is 13.1. The molecule has 27 heavy (non-hydrogen) atoms. The summed E-state index contributed by atoms with van der Waals surface area (Å²) in [5, 5.41) is 5.94. The van der Waals surface area contributed by atoms with Crippen molar-refractivity contribution in [2.24, 2.45) is 0 Å². The number of benzene rings is 1. The normalized spacial score (nSPS) is 15.8. The van der Waals surface area contributed by atoms with Crippen LogP contribution in [0.1, 0.15) is 35.8 Å². The Labute approximate surface area is 161 Å². The number of furan rings is 1. The molecule has 1 aliphatic rings. The van der Waals surface area contributed by atoms with Crippen molar-refractivity contribution >= 4 is 6.03 Å². The lowest BCUT2D eigenvalue weighted by Gasteiger charge is -2.26. The summed E-state index contributed by atoms with van der Waals surface area (Å²) in [6.45, 7) is 4.07. The molecule has 0 radical (unpaired) electrons. The van der Waals surface area contributed by atoms with Gasteiger partial charge >= 0.3 is 6.03 Å². The number of hydrogen-bond acceptors (Lipinski definition) is 4. The standard InChI is InChI=1S/C21H30N4O2/c1-24(2)16-18-9-7-17(8-10-18)14-22-21(26)23-15-19(20-6-5-13-27-20)25-11-3-4-12-25/h5-10,13,19H,3-4,11-12,14-16H2,1-2H3,(H2,22,23,26). The Kier molecular flexibility index (Phi) is 6.90. The van der Waals surface area contributed by atoms with Gasteiger partial charge < -0.3 is 20.0 Å². The molecule has 1 fully saturated rings. The van der Waals surface area contributed by atoms with E-state index >= 15 is 0 Å². The molecule has 1 aliphatic heterocycles. The molecule has 6 nitrogen and oxygen atoms in total. The number of carbonyl (C=O) groups is 1. The molecule has 2 N–H and O–H groups in total. The third-order valence-electron chi connectivity index (χ3n) is 4.88. The minimum atomic E-state index is -0.150. The number of amides is 2. The van der Waals surface area contributed by atoms with Gasteiger partial charge in [-0.3, -0.25) is 4.90 Å². The van der Waals surface area contributed by atoms with Gasteiger partial charge in [-0.2, -0.15) is 0 Å². The second kappa shape index (κ2) is 9.58. The van der Waals surface area contributed by atoms with Gasteiger partial charge in [-0.25, -0.2) is 4.79 Å². The summed E-state index contributed by atoms with van der Waals surface area (Å²) in [7, 11) is 4.11. The first kappa shape index (κ1) is 19.5. The van der Waals surface area contributed by atoms with E-state index in [2.05, 4.69) is 58.8 Å². The van der Waals surface area contributed by atoms with Crippen molar-refractivity contribution in [1.82, 2.24) is 20.4 Å². The molecule has 0 saturated carbocycles. The van der Waals surface area contributed by atoms with Gasteiger partial charge in [-0.05, 0) is 63.3 Å². The lowest BCUT2D eigenvalue weighted by atomic mass is 10.1. The van der Waals surface area contributed by atoms with E-state index in [0.29, 0.717) is 13.1 Å². The van der Waals surface area contributed by atoms with Gasteiger partial charge in [0.15, 0.2) is 0 Å². The molecule has 0 aliphatic carbocycles. The molecular formula is C21H30N4O2. The third-order valence-corrected chi connectivity index (χ3v) is 4.88. The van der Waals surface area contributed by atoms with Gasteiger partial charge in [0.2, 0.25) is 0 Å². The molecule has 3 rings (SSSR count). The lowest BCUT2D eigenvalue weighted by molar-refractivity contribution is 0.203. The number of rotatable bonds is 8. The zero-order chi connectivity index (χ0) is 19.1. The summed E-state index contributed by atoms with van der Waals surface area (Å²) in [5.41, 5.74) is 2.36. The number of hydrogen-bond donors (Lipinski definition) is 2. The van der Waals surface area contributed by atoms with Gasteiger partial charge in [0.1, 0.15) is 5.76 Å². The van der Waals surface area contributed by atoms with Gasteiger partial charge in [-0.1, -0.05) is 24.3 Å². The molecule has 2 heterocycles. The van der Waals surface area contributed by atoms with Crippen molar-refractivity contribution in [3.8, 4) is 0 Å². The van der Waals surface area contributed by atoms with Crippen molar-refractivity contribution in [2.45, 2.75) is 32.0 Å². The quantitative estimate of drug-likeness (QED) is 0.750. The monoisotopic (exact) mass is 370 g/mol. The largest absolute Gasteiger partial charge is 0.468 e. The van der Waals surface area contributed by atoms with E-state index < -0.39 is 0 Å². The average molecular weight is 370 g/mol. The molecule has 1 atom stereocenters. The summed E-state index contributed by atoms with van der Waals surface area (Å²) in [5.74, 6) is 0.911. The highest BCUT2D eigenvalue weighted by Crippen LogP contribution is 2.24. The first-order valence-electron chi connectivity index (χ1n) is 9.63. The molecule has 1 unspecified atom stereocenters. The zero-order valence-corrected chi connectivity index (χ0v) is 16.3. The maximum Gasteiger partial charge on any atom is 0.315 e. The molecule has 0 spiro atoms. The van der Waals surface area contributed by atoms with Crippen molar-refractivity contribution in [1.29, 1.82) is 0 Å².